The first-order chi connectivity index (χ1) is 9.58. The molecular weight excluding hydrogens is 283 g/mol. The van der Waals surface area contributed by atoms with E-state index in [4.69, 9.17) is 16.3 Å². The van der Waals surface area contributed by atoms with Crippen molar-refractivity contribution >= 4 is 17.5 Å². The highest BCUT2D eigenvalue weighted by Crippen LogP contribution is 2.29. The number of hydrogen-bond acceptors (Lipinski definition) is 3. The van der Waals surface area contributed by atoms with E-state index in [1.165, 1.54) is 13.0 Å². The highest BCUT2D eigenvalue weighted by atomic mass is 35.5. The lowest BCUT2D eigenvalue weighted by molar-refractivity contribution is -0.119. The Hall–Kier alpha value is -1.17. The zero-order chi connectivity index (χ0) is 14.5. The number of hydrogen-bond donors (Lipinski definition) is 2. The summed E-state index contributed by atoms with van der Waals surface area (Å²) in [5.74, 6) is -0.450. The van der Waals surface area contributed by atoms with Crippen molar-refractivity contribution in [3.8, 4) is 0 Å². The van der Waals surface area contributed by atoms with Gasteiger partial charge in [0.2, 0.25) is 5.91 Å². The fraction of sp³-hybridized carbons (Fsp3) is 0.500. The van der Waals surface area contributed by atoms with Gasteiger partial charge < -0.3 is 15.4 Å². The van der Waals surface area contributed by atoms with E-state index in [0.29, 0.717) is 13.2 Å². The first-order valence-electron chi connectivity index (χ1n) is 6.59. The molecule has 1 aliphatic rings. The summed E-state index contributed by atoms with van der Waals surface area (Å²) in [7, 11) is 0. The van der Waals surface area contributed by atoms with Gasteiger partial charge in [-0.05, 0) is 17.7 Å². The number of carbonyl (C=O) groups is 1. The molecule has 2 N–H and O–H groups in total. The fourth-order valence-electron chi connectivity index (χ4n) is 2.30. The van der Waals surface area contributed by atoms with Crippen LogP contribution in [0.1, 0.15) is 18.6 Å². The molecule has 1 amide bonds. The van der Waals surface area contributed by atoms with Crippen LogP contribution < -0.4 is 10.6 Å². The lowest BCUT2D eigenvalue weighted by Gasteiger charge is -2.25. The van der Waals surface area contributed by atoms with Crippen molar-refractivity contribution in [3.63, 3.8) is 0 Å². The molecule has 110 valence electrons. The number of ether oxygens (including phenoxy) is 1. The van der Waals surface area contributed by atoms with Crippen LogP contribution in [0.15, 0.2) is 18.2 Å². The Labute approximate surface area is 122 Å². The van der Waals surface area contributed by atoms with Crippen molar-refractivity contribution in [2.75, 3.05) is 26.2 Å². The molecule has 0 aliphatic carbocycles. The third kappa shape index (κ3) is 3.91. The topological polar surface area (TPSA) is 50.4 Å². The number of amides is 1. The lowest BCUT2D eigenvalue weighted by atomic mass is 9.95. The van der Waals surface area contributed by atoms with Crippen molar-refractivity contribution in [2.45, 2.75) is 13.0 Å². The number of benzene rings is 1. The van der Waals surface area contributed by atoms with E-state index in [1.54, 1.807) is 12.1 Å². The summed E-state index contributed by atoms with van der Waals surface area (Å²) in [6, 6.07) is 4.61. The Morgan fingerprint density at radius 2 is 2.40 bits per heavy atom. The Morgan fingerprint density at radius 3 is 3.10 bits per heavy atom. The number of carbonyl (C=O) groups excluding carboxylic acids is 1. The average molecular weight is 301 g/mol. The normalized spacial score (nSPS) is 23.1. The van der Waals surface area contributed by atoms with Gasteiger partial charge in [0, 0.05) is 32.5 Å². The maximum atomic E-state index is 13.3. The van der Waals surface area contributed by atoms with E-state index in [1.807, 2.05) is 0 Å². The molecule has 0 radical (unpaired) electrons. The second-order valence-electron chi connectivity index (χ2n) is 4.87. The summed E-state index contributed by atoms with van der Waals surface area (Å²) in [5, 5.41) is 6.15. The highest BCUT2D eigenvalue weighted by molar-refractivity contribution is 6.30. The van der Waals surface area contributed by atoms with E-state index in [-0.39, 0.29) is 23.0 Å². The Balaban J connectivity index is 2.18. The summed E-state index contributed by atoms with van der Waals surface area (Å²) in [6.45, 7) is 4.02. The molecule has 0 bridgehead atoms. The maximum Gasteiger partial charge on any atom is 0.216 e. The van der Waals surface area contributed by atoms with Gasteiger partial charge >= 0.3 is 0 Å². The molecule has 0 spiro atoms. The van der Waals surface area contributed by atoms with Gasteiger partial charge in [-0.1, -0.05) is 17.7 Å². The van der Waals surface area contributed by atoms with Crippen LogP contribution in [-0.2, 0) is 9.53 Å². The first kappa shape index (κ1) is 15.2. The van der Waals surface area contributed by atoms with Crippen molar-refractivity contribution in [1.82, 2.24) is 10.6 Å². The molecule has 1 aliphatic heterocycles. The van der Waals surface area contributed by atoms with E-state index >= 15 is 0 Å². The molecule has 1 unspecified atom stereocenters. The molecule has 2 atom stereocenters. The van der Waals surface area contributed by atoms with Gasteiger partial charge in [0.1, 0.15) is 5.82 Å². The first-order valence-corrected chi connectivity index (χ1v) is 6.97. The van der Waals surface area contributed by atoms with Gasteiger partial charge in [-0.3, -0.25) is 4.79 Å². The van der Waals surface area contributed by atoms with Gasteiger partial charge in [-0.15, -0.1) is 0 Å². The minimum atomic E-state index is -0.444. The Kier molecular flexibility index (Phi) is 5.34. The third-order valence-corrected chi connectivity index (χ3v) is 3.59. The van der Waals surface area contributed by atoms with Crippen LogP contribution in [0.5, 0.6) is 0 Å². The molecule has 0 saturated carbocycles. The smallest absolute Gasteiger partial charge is 0.216 e. The van der Waals surface area contributed by atoms with E-state index < -0.39 is 5.82 Å². The van der Waals surface area contributed by atoms with Gasteiger partial charge in [-0.2, -0.15) is 0 Å². The maximum absolute atomic E-state index is 13.3. The third-order valence-electron chi connectivity index (χ3n) is 3.30. The molecule has 2 rings (SSSR count). The SMILES string of the molecule is CC(=O)NCC1CNCCO[C@@H]1c1ccc(F)c(Cl)c1. The van der Waals surface area contributed by atoms with Crippen LogP contribution in [-0.4, -0.2) is 32.1 Å². The molecule has 1 fully saturated rings. The van der Waals surface area contributed by atoms with Crippen molar-refractivity contribution in [2.24, 2.45) is 5.92 Å². The van der Waals surface area contributed by atoms with Crippen LogP contribution in [0.25, 0.3) is 0 Å². The molecule has 1 aromatic rings. The molecule has 1 heterocycles. The van der Waals surface area contributed by atoms with E-state index in [2.05, 4.69) is 10.6 Å². The molecule has 1 aromatic carbocycles. The zero-order valence-electron chi connectivity index (χ0n) is 11.3. The van der Waals surface area contributed by atoms with E-state index in [0.717, 1.165) is 18.7 Å². The van der Waals surface area contributed by atoms with Crippen molar-refractivity contribution in [1.29, 1.82) is 0 Å². The lowest BCUT2D eigenvalue weighted by Crippen LogP contribution is -2.35. The number of rotatable bonds is 3. The Bertz CT molecular complexity index is 484. The molecule has 20 heavy (non-hydrogen) atoms. The predicted octanol–water partition coefficient (Wildman–Crippen LogP) is 1.89. The zero-order valence-corrected chi connectivity index (χ0v) is 12.0. The fourth-order valence-corrected chi connectivity index (χ4v) is 2.49. The Morgan fingerprint density at radius 1 is 1.60 bits per heavy atom. The quantitative estimate of drug-likeness (QED) is 0.896. The van der Waals surface area contributed by atoms with Gasteiger partial charge in [-0.25, -0.2) is 4.39 Å². The summed E-state index contributed by atoms with van der Waals surface area (Å²) >= 11 is 5.83. The van der Waals surface area contributed by atoms with Crippen LogP contribution in [0, 0.1) is 11.7 Å². The summed E-state index contributed by atoms with van der Waals surface area (Å²) in [6.07, 6.45) is -0.213. The van der Waals surface area contributed by atoms with Crippen LogP contribution >= 0.6 is 11.6 Å². The monoisotopic (exact) mass is 300 g/mol. The minimum absolute atomic E-state index is 0.0722. The second kappa shape index (κ2) is 7.02. The summed E-state index contributed by atoms with van der Waals surface area (Å²) in [4.78, 5) is 11.1. The molecule has 6 heteroatoms. The molecule has 1 saturated heterocycles. The second-order valence-corrected chi connectivity index (χ2v) is 5.27. The average Bonchev–Trinajstić information content (AvgIpc) is 2.65. The molecular formula is C14H18ClFN2O2. The number of halogens is 2. The standard InChI is InChI=1S/C14H18ClFN2O2/c1-9(19)18-8-11-7-17-4-5-20-14(11)10-2-3-13(16)12(15)6-10/h2-3,6,11,14,17H,4-5,7-8H2,1H3,(H,18,19)/t11?,14-/m1/s1. The molecule has 0 aromatic heterocycles. The number of nitrogens with one attached hydrogen (secondary N) is 2. The summed E-state index contributed by atoms with van der Waals surface area (Å²) < 4.78 is 19.1. The largest absolute Gasteiger partial charge is 0.372 e. The van der Waals surface area contributed by atoms with Crippen molar-refractivity contribution < 1.29 is 13.9 Å². The van der Waals surface area contributed by atoms with Crippen LogP contribution in [0.3, 0.4) is 0 Å². The van der Waals surface area contributed by atoms with Gasteiger partial charge in [0.05, 0.1) is 17.7 Å². The predicted molar refractivity (Wildman–Crippen MR) is 75.1 cm³/mol. The van der Waals surface area contributed by atoms with E-state index in [9.17, 15) is 9.18 Å². The van der Waals surface area contributed by atoms with Crippen molar-refractivity contribution in [3.05, 3.63) is 34.6 Å². The van der Waals surface area contributed by atoms with Gasteiger partial charge in [0.25, 0.3) is 0 Å². The van der Waals surface area contributed by atoms with Gasteiger partial charge in [0.15, 0.2) is 0 Å². The molecule has 4 nitrogen and oxygen atoms in total. The summed E-state index contributed by atoms with van der Waals surface area (Å²) in [5.41, 5.74) is 0.829. The van der Waals surface area contributed by atoms with Crippen LogP contribution in [0.4, 0.5) is 4.39 Å². The minimum Gasteiger partial charge on any atom is -0.372 e. The van der Waals surface area contributed by atoms with Crippen LogP contribution in [0.2, 0.25) is 5.02 Å². The highest BCUT2D eigenvalue weighted by Gasteiger charge is 2.26.